The van der Waals surface area contributed by atoms with Crippen LogP contribution in [0.2, 0.25) is 5.15 Å². The van der Waals surface area contributed by atoms with Crippen LogP contribution in [-0.4, -0.2) is 46.3 Å². The van der Waals surface area contributed by atoms with Crippen LogP contribution < -0.4 is 5.32 Å². The number of para-hydroxylation sites is 1. The maximum absolute atomic E-state index is 12.8. The van der Waals surface area contributed by atoms with Crippen LogP contribution in [0.25, 0.3) is 10.9 Å². The number of nitrogens with one attached hydrogen (secondary N) is 1. The largest absolute Gasteiger partial charge is 0.391 e. The SMILES string of the molecule is O=C(N[C@H]1COCC[C@@H]1O)c1cc(Cc2ccc(Cl)nc2)c2ccccc2n1. The molecule has 0 radical (unpaired) electrons. The number of benzene rings is 1. The summed E-state index contributed by atoms with van der Waals surface area (Å²) in [7, 11) is 0. The fraction of sp³-hybridized carbons (Fsp3) is 0.286. The van der Waals surface area contributed by atoms with Crippen molar-refractivity contribution >= 4 is 28.4 Å². The number of nitrogens with zero attached hydrogens (tertiary/aromatic N) is 2. The highest BCUT2D eigenvalue weighted by Crippen LogP contribution is 2.22. The van der Waals surface area contributed by atoms with Gasteiger partial charge < -0.3 is 15.2 Å². The zero-order chi connectivity index (χ0) is 19.5. The van der Waals surface area contributed by atoms with Gasteiger partial charge in [0.15, 0.2) is 0 Å². The summed E-state index contributed by atoms with van der Waals surface area (Å²) in [6.07, 6.45) is 2.22. The van der Waals surface area contributed by atoms with E-state index < -0.39 is 12.1 Å². The number of halogens is 1. The van der Waals surface area contributed by atoms with E-state index in [0.717, 1.165) is 22.0 Å². The van der Waals surface area contributed by atoms with Crippen molar-refractivity contribution in [2.24, 2.45) is 0 Å². The van der Waals surface area contributed by atoms with E-state index in [1.165, 1.54) is 0 Å². The van der Waals surface area contributed by atoms with E-state index in [9.17, 15) is 9.90 Å². The average molecular weight is 398 g/mol. The van der Waals surface area contributed by atoms with Gasteiger partial charge in [0.2, 0.25) is 0 Å². The van der Waals surface area contributed by atoms with E-state index in [2.05, 4.69) is 15.3 Å². The Kier molecular flexibility index (Phi) is 5.52. The molecule has 1 amide bonds. The van der Waals surface area contributed by atoms with Crippen molar-refractivity contribution in [3.63, 3.8) is 0 Å². The predicted octanol–water partition coefficient (Wildman–Crippen LogP) is 2.75. The summed E-state index contributed by atoms with van der Waals surface area (Å²) in [5.41, 5.74) is 3.02. The standard InChI is InChI=1S/C21H20ClN3O3/c22-20-6-5-13(11-23-20)9-14-10-17(24-16-4-2-1-3-15(14)16)21(27)25-18-12-28-8-7-19(18)26/h1-6,10-11,18-19,26H,7-9,12H2,(H,25,27)/t18-,19-/m0/s1. The minimum absolute atomic E-state index is 0.295. The summed E-state index contributed by atoms with van der Waals surface area (Å²) < 4.78 is 5.36. The lowest BCUT2D eigenvalue weighted by Crippen LogP contribution is -2.49. The van der Waals surface area contributed by atoms with Crippen LogP contribution in [0.1, 0.15) is 28.0 Å². The zero-order valence-corrected chi connectivity index (χ0v) is 15.9. The normalized spacial score (nSPS) is 19.5. The Morgan fingerprint density at radius 1 is 1.29 bits per heavy atom. The molecule has 3 aromatic rings. The van der Waals surface area contributed by atoms with Crippen molar-refractivity contribution in [1.82, 2.24) is 15.3 Å². The van der Waals surface area contributed by atoms with E-state index in [0.29, 0.717) is 36.9 Å². The summed E-state index contributed by atoms with van der Waals surface area (Å²) in [6, 6.07) is 12.7. The van der Waals surface area contributed by atoms with Crippen molar-refractivity contribution in [2.45, 2.75) is 25.0 Å². The molecule has 2 atom stereocenters. The van der Waals surface area contributed by atoms with Crippen molar-refractivity contribution < 1.29 is 14.6 Å². The number of amides is 1. The van der Waals surface area contributed by atoms with Crippen LogP contribution in [-0.2, 0) is 11.2 Å². The van der Waals surface area contributed by atoms with E-state index in [1.54, 1.807) is 18.3 Å². The summed E-state index contributed by atoms with van der Waals surface area (Å²) in [5.74, 6) is -0.323. The Bertz CT molecular complexity index is 994. The van der Waals surface area contributed by atoms with E-state index in [4.69, 9.17) is 16.3 Å². The molecule has 7 heteroatoms. The molecule has 3 heterocycles. The molecule has 0 spiro atoms. The Morgan fingerprint density at radius 2 is 2.14 bits per heavy atom. The molecule has 0 unspecified atom stereocenters. The van der Waals surface area contributed by atoms with Crippen LogP contribution in [0.15, 0.2) is 48.7 Å². The number of aliphatic hydroxyl groups is 1. The summed E-state index contributed by atoms with van der Waals surface area (Å²) in [5, 5.41) is 14.3. The van der Waals surface area contributed by atoms with Gasteiger partial charge in [-0.15, -0.1) is 0 Å². The number of hydrogen-bond acceptors (Lipinski definition) is 5. The highest BCUT2D eigenvalue weighted by molar-refractivity contribution is 6.29. The lowest BCUT2D eigenvalue weighted by Gasteiger charge is -2.28. The molecule has 1 aliphatic rings. The second kappa shape index (κ2) is 8.22. The highest BCUT2D eigenvalue weighted by atomic mass is 35.5. The molecular weight excluding hydrogens is 378 g/mol. The maximum atomic E-state index is 12.8. The molecule has 4 rings (SSSR count). The predicted molar refractivity (Wildman–Crippen MR) is 106 cm³/mol. The molecule has 2 aromatic heterocycles. The average Bonchev–Trinajstić information content (AvgIpc) is 2.71. The van der Waals surface area contributed by atoms with Gasteiger partial charge in [-0.05, 0) is 42.2 Å². The van der Waals surface area contributed by atoms with E-state index >= 15 is 0 Å². The first kappa shape index (κ1) is 18.8. The third kappa shape index (κ3) is 4.14. The molecule has 0 bridgehead atoms. The number of pyridine rings is 2. The number of aliphatic hydroxyl groups excluding tert-OH is 1. The summed E-state index contributed by atoms with van der Waals surface area (Å²) >= 11 is 5.88. The van der Waals surface area contributed by atoms with Gasteiger partial charge in [0.05, 0.1) is 24.3 Å². The second-order valence-corrected chi connectivity index (χ2v) is 7.25. The van der Waals surface area contributed by atoms with Crippen molar-refractivity contribution in [1.29, 1.82) is 0 Å². The first-order valence-electron chi connectivity index (χ1n) is 9.16. The Morgan fingerprint density at radius 3 is 2.93 bits per heavy atom. The monoisotopic (exact) mass is 397 g/mol. The van der Waals surface area contributed by atoms with Gasteiger partial charge in [-0.25, -0.2) is 9.97 Å². The maximum Gasteiger partial charge on any atom is 0.270 e. The topological polar surface area (TPSA) is 84.3 Å². The lowest BCUT2D eigenvalue weighted by atomic mass is 10.0. The number of carbonyl (C=O) groups excluding carboxylic acids is 1. The fourth-order valence-corrected chi connectivity index (χ4v) is 3.46. The van der Waals surface area contributed by atoms with Gasteiger partial charge in [-0.2, -0.15) is 0 Å². The number of fused-ring (bicyclic) bond motifs is 1. The molecule has 1 saturated heterocycles. The van der Waals surface area contributed by atoms with Crippen LogP contribution >= 0.6 is 11.6 Å². The van der Waals surface area contributed by atoms with E-state index in [1.807, 2.05) is 30.3 Å². The van der Waals surface area contributed by atoms with Crippen LogP contribution in [0.5, 0.6) is 0 Å². The Balaban J connectivity index is 1.65. The molecule has 6 nitrogen and oxygen atoms in total. The van der Waals surface area contributed by atoms with Gasteiger partial charge in [0.1, 0.15) is 10.8 Å². The van der Waals surface area contributed by atoms with Crippen molar-refractivity contribution in [3.8, 4) is 0 Å². The molecule has 2 N–H and O–H groups in total. The second-order valence-electron chi connectivity index (χ2n) is 6.86. The van der Waals surface area contributed by atoms with Gasteiger partial charge in [0.25, 0.3) is 5.91 Å². The molecule has 144 valence electrons. The summed E-state index contributed by atoms with van der Waals surface area (Å²) in [6.45, 7) is 0.796. The van der Waals surface area contributed by atoms with Crippen molar-refractivity contribution in [3.05, 3.63) is 70.6 Å². The molecule has 28 heavy (non-hydrogen) atoms. The highest BCUT2D eigenvalue weighted by Gasteiger charge is 2.26. The van der Waals surface area contributed by atoms with Gasteiger partial charge >= 0.3 is 0 Å². The van der Waals surface area contributed by atoms with Gasteiger partial charge in [-0.1, -0.05) is 35.9 Å². The number of carbonyl (C=O) groups is 1. The smallest absolute Gasteiger partial charge is 0.270 e. The Hall–Kier alpha value is -2.54. The molecule has 1 aromatic carbocycles. The van der Waals surface area contributed by atoms with E-state index in [-0.39, 0.29) is 5.91 Å². The molecule has 0 saturated carbocycles. The molecular formula is C21H20ClN3O3. The first-order chi connectivity index (χ1) is 13.6. The quantitative estimate of drug-likeness (QED) is 0.661. The van der Waals surface area contributed by atoms with Crippen molar-refractivity contribution in [2.75, 3.05) is 13.2 Å². The fourth-order valence-electron chi connectivity index (χ4n) is 3.35. The third-order valence-corrected chi connectivity index (χ3v) is 5.08. The molecule has 0 aliphatic carbocycles. The molecule has 1 aliphatic heterocycles. The van der Waals surface area contributed by atoms with Crippen LogP contribution in [0.3, 0.4) is 0 Å². The van der Waals surface area contributed by atoms with Gasteiger partial charge in [0, 0.05) is 18.2 Å². The minimum atomic E-state index is -0.613. The van der Waals surface area contributed by atoms with Crippen LogP contribution in [0.4, 0.5) is 0 Å². The number of ether oxygens (including phenoxy) is 1. The Labute approximate surface area is 167 Å². The zero-order valence-electron chi connectivity index (χ0n) is 15.1. The summed E-state index contributed by atoms with van der Waals surface area (Å²) in [4.78, 5) is 21.4. The van der Waals surface area contributed by atoms with Gasteiger partial charge in [-0.3, -0.25) is 4.79 Å². The number of rotatable bonds is 4. The minimum Gasteiger partial charge on any atom is -0.391 e. The lowest BCUT2D eigenvalue weighted by molar-refractivity contribution is -0.0140. The third-order valence-electron chi connectivity index (χ3n) is 4.85. The van der Waals surface area contributed by atoms with Crippen LogP contribution in [0, 0.1) is 0 Å². The number of aromatic nitrogens is 2. The molecule has 1 fully saturated rings. The first-order valence-corrected chi connectivity index (χ1v) is 9.54. The number of hydrogen-bond donors (Lipinski definition) is 2.